The Bertz CT molecular complexity index is 747. The zero-order chi connectivity index (χ0) is 19.5. The first-order valence-electron chi connectivity index (χ1n) is 9.00. The maximum atomic E-state index is 12.7. The third-order valence-corrected chi connectivity index (χ3v) is 4.03. The van der Waals surface area contributed by atoms with Crippen LogP contribution < -0.4 is 0 Å². The second-order valence-corrected chi connectivity index (χ2v) is 6.01. The SMILES string of the molecule is CCOC(=O)CCN(Cc1ccncc1)C(=O)CCC(=O)c1ccccc1. The Labute approximate surface area is 159 Å². The first-order valence-corrected chi connectivity index (χ1v) is 9.00. The Hall–Kier alpha value is -3.02. The first kappa shape index (κ1) is 20.3. The lowest BCUT2D eigenvalue weighted by molar-refractivity contribution is -0.144. The van der Waals surface area contributed by atoms with E-state index in [1.165, 1.54) is 0 Å². The van der Waals surface area contributed by atoms with E-state index in [1.54, 1.807) is 48.5 Å². The number of carbonyl (C=O) groups excluding carboxylic acids is 3. The molecule has 0 spiro atoms. The lowest BCUT2D eigenvalue weighted by atomic mass is 10.1. The van der Waals surface area contributed by atoms with Crippen LogP contribution in [0.25, 0.3) is 0 Å². The number of amides is 1. The second kappa shape index (κ2) is 10.9. The summed E-state index contributed by atoms with van der Waals surface area (Å²) < 4.78 is 4.94. The molecule has 6 heteroatoms. The fraction of sp³-hybridized carbons (Fsp3) is 0.333. The molecule has 1 amide bonds. The third-order valence-electron chi connectivity index (χ3n) is 4.03. The van der Waals surface area contributed by atoms with Gasteiger partial charge in [-0.15, -0.1) is 0 Å². The van der Waals surface area contributed by atoms with Gasteiger partial charge in [0.1, 0.15) is 0 Å². The van der Waals surface area contributed by atoms with Crippen molar-refractivity contribution < 1.29 is 19.1 Å². The highest BCUT2D eigenvalue weighted by Gasteiger charge is 2.18. The van der Waals surface area contributed by atoms with Crippen molar-refractivity contribution in [3.05, 3.63) is 66.0 Å². The Morgan fingerprint density at radius 3 is 2.33 bits per heavy atom. The number of nitrogens with zero attached hydrogens (tertiary/aromatic N) is 2. The van der Waals surface area contributed by atoms with E-state index in [0.717, 1.165) is 5.56 Å². The number of carbonyl (C=O) groups is 3. The summed E-state index contributed by atoms with van der Waals surface area (Å²) in [4.78, 5) is 42.1. The molecule has 0 saturated heterocycles. The monoisotopic (exact) mass is 368 g/mol. The molecule has 0 fully saturated rings. The number of aromatic nitrogens is 1. The van der Waals surface area contributed by atoms with E-state index in [4.69, 9.17) is 4.74 Å². The van der Waals surface area contributed by atoms with Crippen LogP contribution in [-0.2, 0) is 20.9 Å². The quantitative estimate of drug-likeness (QED) is 0.476. The van der Waals surface area contributed by atoms with Crippen LogP contribution in [0.1, 0.15) is 42.1 Å². The largest absolute Gasteiger partial charge is 0.466 e. The van der Waals surface area contributed by atoms with Gasteiger partial charge >= 0.3 is 5.97 Å². The smallest absolute Gasteiger partial charge is 0.307 e. The summed E-state index contributed by atoms with van der Waals surface area (Å²) in [6.07, 6.45) is 3.67. The molecule has 1 aromatic carbocycles. The maximum absolute atomic E-state index is 12.7. The van der Waals surface area contributed by atoms with Crippen LogP contribution in [0, 0.1) is 0 Å². The molecule has 2 rings (SSSR count). The zero-order valence-corrected chi connectivity index (χ0v) is 15.5. The topological polar surface area (TPSA) is 76.6 Å². The Morgan fingerprint density at radius 1 is 0.963 bits per heavy atom. The summed E-state index contributed by atoms with van der Waals surface area (Å²) in [5.74, 6) is -0.580. The van der Waals surface area contributed by atoms with Crippen molar-refractivity contribution in [1.29, 1.82) is 0 Å². The molecule has 0 radical (unpaired) electrons. The fourth-order valence-corrected chi connectivity index (χ4v) is 2.61. The number of pyridine rings is 1. The van der Waals surface area contributed by atoms with Gasteiger partial charge in [-0.2, -0.15) is 0 Å². The number of hydrogen-bond donors (Lipinski definition) is 0. The van der Waals surface area contributed by atoms with Crippen molar-refractivity contribution in [2.24, 2.45) is 0 Å². The molecule has 1 heterocycles. The van der Waals surface area contributed by atoms with E-state index < -0.39 is 0 Å². The van der Waals surface area contributed by atoms with Crippen molar-refractivity contribution in [2.75, 3.05) is 13.2 Å². The average Bonchev–Trinajstić information content (AvgIpc) is 2.70. The van der Waals surface area contributed by atoms with E-state index in [0.29, 0.717) is 18.7 Å². The number of hydrogen-bond acceptors (Lipinski definition) is 5. The van der Waals surface area contributed by atoms with Crippen molar-refractivity contribution >= 4 is 17.7 Å². The van der Waals surface area contributed by atoms with Gasteiger partial charge in [-0.3, -0.25) is 19.4 Å². The molecule has 0 saturated carbocycles. The maximum Gasteiger partial charge on any atom is 0.307 e. The van der Waals surface area contributed by atoms with Gasteiger partial charge in [0.15, 0.2) is 5.78 Å². The summed E-state index contributed by atoms with van der Waals surface area (Å²) in [6, 6.07) is 12.5. The van der Waals surface area contributed by atoms with E-state index in [2.05, 4.69) is 4.98 Å². The normalized spacial score (nSPS) is 10.3. The molecule has 0 aliphatic carbocycles. The average molecular weight is 368 g/mol. The van der Waals surface area contributed by atoms with Crippen LogP contribution >= 0.6 is 0 Å². The van der Waals surface area contributed by atoms with Crippen molar-refractivity contribution in [2.45, 2.75) is 32.7 Å². The number of Topliss-reactive ketones (excluding diaryl/α,β-unsaturated/α-hetero) is 1. The molecule has 0 unspecified atom stereocenters. The Balaban J connectivity index is 1.96. The minimum atomic E-state index is -0.342. The van der Waals surface area contributed by atoms with Crippen LogP contribution in [0.5, 0.6) is 0 Å². The van der Waals surface area contributed by atoms with E-state index in [-0.39, 0.29) is 43.5 Å². The number of ketones is 1. The predicted molar refractivity (Wildman–Crippen MR) is 101 cm³/mol. The lowest BCUT2D eigenvalue weighted by Gasteiger charge is -2.22. The summed E-state index contributed by atoms with van der Waals surface area (Å²) in [5.41, 5.74) is 1.51. The molecular weight excluding hydrogens is 344 g/mol. The summed E-state index contributed by atoms with van der Waals surface area (Å²) in [6.45, 7) is 2.66. The highest BCUT2D eigenvalue weighted by Crippen LogP contribution is 2.10. The number of ether oxygens (including phenoxy) is 1. The molecule has 6 nitrogen and oxygen atoms in total. The van der Waals surface area contributed by atoms with Crippen LogP contribution in [-0.4, -0.2) is 40.7 Å². The zero-order valence-electron chi connectivity index (χ0n) is 15.5. The van der Waals surface area contributed by atoms with Gasteiger partial charge in [-0.05, 0) is 24.6 Å². The standard InChI is InChI=1S/C21H24N2O4/c1-2-27-21(26)12-15-23(16-17-10-13-22-14-11-17)20(25)9-8-19(24)18-6-4-3-5-7-18/h3-7,10-11,13-14H,2,8-9,12,15-16H2,1H3. The summed E-state index contributed by atoms with van der Waals surface area (Å²) in [5, 5.41) is 0. The predicted octanol–water partition coefficient (Wildman–Crippen LogP) is 3.03. The van der Waals surface area contributed by atoms with Gasteiger partial charge in [0, 0.05) is 43.9 Å². The van der Waals surface area contributed by atoms with Gasteiger partial charge in [-0.25, -0.2) is 0 Å². The number of benzene rings is 1. The molecule has 2 aromatic rings. The molecule has 0 N–H and O–H groups in total. The van der Waals surface area contributed by atoms with E-state index in [1.807, 2.05) is 18.2 Å². The van der Waals surface area contributed by atoms with Crippen LogP contribution in [0.4, 0.5) is 0 Å². The van der Waals surface area contributed by atoms with Crippen molar-refractivity contribution in [3.8, 4) is 0 Å². The van der Waals surface area contributed by atoms with Gasteiger partial charge < -0.3 is 9.64 Å². The van der Waals surface area contributed by atoms with Crippen molar-refractivity contribution in [1.82, 2.24) is 9.88 Å². The molecule has 0 aliphatic heterocycles. The number of esters is 1. The minimum absolute atomic E-state index is 0.0711. The molecule has 1 aromatic heterocycles. The molecule has 0 atom stereocenters. The van der Waals surface area contributed by atoms with Crippen LogP contribution in [0.2, 0.25) is 0 Å². The van der Waals surface area contributed by atoms with E-state index in [9.17, 15) is 14.4 Å². The van der Waals surface area contributed by atoms with Gasteiger partial charge in [0.2, 0.25) is 5.91 Å². The minimum Gasteiger partial charge on any atom is -0.466 e. The van der Waals surface area contributed by atoms with Crippen molar-refractivity contribution in [3.63, 3.8) is 0 Å². The molecule has 0 bridgehead atoms. The summed E-state index contributed by atoms with van der Waals surface area (Å²) >= 11 is 0. The number of rotatable bonds is 10. The Kier molecular flexibility index (Phi) is 8.16. The third kappa shape index (κ3) is 7.01. The molecule has 27 heavy (non-hydrogen) atoms. The van der Waals surface area contributed by atoms with E-state index >= 15 is 0 Å². The summed E-state index contributed by atoms with van der Waals surface area (Å²) in [7, 11) is 0. The Morgan fingerprint density at radius 2 is 1.67 bits per heavy atom. The van der Waals surface area contributed by atoms with Gasteiger partial charge in [0.25, 0.3) is 0 Å². The van der Waals surface area contributed by atoms with Gasteiger partial charge in [-0.1, -0.05) is 30.3 Å². The lowest BCUT2D eigenvalue weighted by Crippen LogP contribution is -2.33. The molecule has 0 aliphatic rings. The molecule has 142 valence electrons. The second-order valence-electron chi connectivity index (χ2n) is 6.01. The highest BCUT2D eigenvalue weighted by atomic mass is 16.5. The first-order chi connectivity index (χ1) is 13.1. The molecular formula is C21H24N2O4. The van der Waals surface area contributed by atoms with Crippen LogP contribution in [0.15, 0.2) is 54.9 Å². The van der Waals surface area contributed by atoms with Crippen LogP contribution in [0.3, 0.4) is 0 Å². The fourth-order valence-electron chi connectivity index (χ4n) is 2.61. The highest BCUT2D eigenvalue weighted by molar-refractivity contribution is 5.97. The van der Waals surface area contributed by atoms with Gasteiger partial charge in [0.05, 0.1) is 13.0 Å².